The van der Waals surface area contributed by atoms with E-state index in [4.69, 9.17) is 0 Å². The molecule has 0 saturated heterocycles. The number of carbonyl (C=O) groups is 1. The lowest BCUT2D eigenvalue weighted by Crippen LogP contribution is -2.64. The highest BCUT2D eigenvalue weighted by Crippen LogP contribution is 2.69. The first-order chi connectivity index (χ1) is 15.1. The van der Waals surface area contributed by atoms with Gasteiger partial charge in [0.15, 0.2) is 0 Å². The first-order valence-electron chi connectivity index (χ1n) is 13.0. The molecule has 0 amide bonds. The highest BCUT2D eigenvalue weighted by molar-refractivity contribution is 5.70. The average molecular weight is 453 g/mol. The summed E-state index contributed by atoms with van der Waals surface area (Å²) in [4.78, 5) is 11.4. The Hall–Kier alpha value is -0.690. The summed E-state index contributed by atoms with van der Waals surface area (Å²) in [5, 5.41) is 52.4. The molecule has 0 aliphatic heterocycles. The van der Waals surface area contributed by atoms with E-state index in [0.717, 1.165) is 38.5 Å². The van der Waals surface area contributed by atoms with E-state index in [9.17, 15) is 30.3 Å². The van der Waals surface area contributed by atoms with Gasteiger partial charge in [-0.1, -0.05) is 27.2 Å². The SMILES string of the molecule is CC[C@H]1[C@@H](O)C2C3CC[C@H](CCC(CO)C(=O)O)[C@@]3(C)[C@@H](O)CC2[C@@]2(C)CC[C@@H](O)C[C@@H]12. The van der Waals surface area contributed by atoms with Crippen molar-refractivity contribution in [1.82, 2.24) is 0 Å². The number of rotatable bonds is 6. The Morgan fingerprint density at radius 1 is 1.03 bits per heavy atom. The second-order valence-electron chi connectivity index (χ2n) is 12.1. The number of hydrogen-bond donors (Lipinski definition) is 5. The molecule has 4 saturated carbocycles. The van der Waals surface area contributed by atoms with E-state index in [1.54, 1.807) is 0 Å². The smallest absolute Gasteiger partial charge is 0.308 e. The first kappa shape index (κ1) is 24.4. The van der Waals surface area contributed by atoms with E-state index in [1.807, 2.05) is 0 Å². The fourth-order valence-corrected chi connectivity index (χ4v) is 9.22. The van der Waals surface area contributed by atoms with Gasteiger partial charge in [0.05, 0.1) is 30.8 Å². The number of aliphatic hydroxyl groups excluding tert-OH is 4. The van der Waals surface area contributed by atoms with Crippen molar-refractivity contribution in [2.24, 2.45) is 52.3 Å². The Labute approximate surface area is 192 Å². The zero-order valence-electron chi connectivity index (χ0n) is 20.0. The molecule has 0 bridgehead atoms. The second-order valence-corrected chi connectivity index (χ2v) is 12.1. The van der Waals surface area contributed by atoms with Gasteiger partial charge in [0, 0.05) is 0 Å². The predicted octanol–water partition coefficient (Wildman–Crippen LogP) is 3.06. The summed E-state index contributed by atoms with van der Waals surface area (Å²) in [6.45, 7) is 6.34. The highest BCUT2D eigenvalue weighted by Gasteiger charge is 2.66. The van der Waals surface area contributed by atoms with E-state index < -0.39 is 24.1 Å². The lowest BCUT2D eigenvalue weighted by Gasteiger charge is -2.65. The van der Waals surface area contributed by atoms with Crippen LogP contribution in [0, 0.1) is 52.3 Å². The average Bonchev–Trinajstić information content (AvgIpc) is 3.08. The third-order valence-corrected chi connectivity index (χ3v) is 11.1. The largest absolute Gasteiger partial charge is 0.481 e. The lowest BCUT2D eigenvalue weighted by molar-refractivity contribution is -0.226. The quantitative estimate of drug-likeness (QED) is 0.423. The van der Waals surface area contributed by atoms with Crippen LogP contribution in [0.1, 0.15) is 78.6 Å². The van der Waals surface area contributed by atoms with Gasteiger partial charge in [0.2, 0.25) is 0 Å². The van der Waals surface area contributed by atoms with E-state index >= 15 is 0 Å². The Morgan fingerprint density at radius 2 is 1.75 bits per heavy atom. The summed E-state index contributed by atoms with van der Waals surface area (Å²) < 4.78 is 0. The summed E-state index contributed by atoms with van der Waals surface area (Å²) in [5.74, 6) is -0.373. The summed E-state index contributed by atoms with van der Waals surface area (Å²) in [7, 11) is 0. The summed E-state index contributed by atoms with van der Waals surface area (Å²) >= 11 is 0. The Bertz CT molecular complexity index is 698. The molecule has 4 aliphatic rings. The van der Waals surface area contributed by atoms with Crippen LogP contribution in [0.5, 0.6) is 0 Å². The molecule has 12 atom stereocenters. The van der Waals surface area contributed by atoms with Crippen LogP contribution in [0.2, 0.25) is 0 Å². The van der Waals surface area contributed by atoms with Gasteiger partial charge in [0.25, 0.3) is 0 Å². The Balaban J connectivity index is 1.62. The molecular formula is C26H44O6. The lowest BCUT2D eigenvalue weighted by atomic mass is 9.41. The van der Waals surface area contributed by atoms with Crippen molar-refractivity contribution in [3.63, 3.8) is 0 Å². The molecule has 0 aromatic rings. The zero-order valence-corrected chi connectivity index (χ0v) is 20.0. The predicted molar refractivity (Wildman–Crippen MR) is 121 cm³/mol. The van der Waals surface area contributed by atoms with Crippen molar-refractivity contribution in [2.75, 3.05) is 6.61 Å². The van der Waals surface area contributed by atoms with Crippen molar-refractivity contribution < 1.29 is 30.3 Å². The fourth-order valence-electron chi connectivity index (χ4n) is 9.22. The van der Waals surface area contributed by atoms with Gasteiger partial charge in [-0.05, 0) is 97.7 Å². The molecule has 0 aromatic heterocycles. The van der Waals surface area contributed by atoms with E-state index in [0.29, 0.717) is 25.2 Å². The maximum atomic E-state index is 11.7. The van der Waals surface area contributed by atoms with Crippen LogP contribution in [0.25, 0.3) is 0 Å². The van der Waals surface area contributed by atoms with Gasteiger partial charge in [-0.15, -0.1) is 0 Å². The van der Waals surface area contributed by atoms with Crippen molar-refractivity contribution in [2.45, 2.75) is 96.9 Å². The maximum Gasteiger partial charge on any atom is 0.308 e. The summed E-state index contributed by atoms with van der Waals surface area (Å²) in [6, 6.07) is 0. The van der Waals surface area contributed by atoms with Gasteiger partial charge >= 0.3 is 5.97 Å². The number of aliphatic carboxylic acids is 1. The molecular weight excluding hydrogens is 408 g/mol. The minimum absolute atomic E-state index is 0.0372. The molecule has 6 heteroatoms. The molecule has 0 spiro atoms. The van der Waals surface area contributed by atoms with Crippen LogP contribution >= 0.6 is 0 Å². The van der Waals surface area contributed by atoms with Crippen LogP contribution in [0.3, 0.4) is 0 Å². The van der Waals surface area contributed by atoms with Gasteiger partial charge in [0.1, 0.15) is 0 Å². The van der Waals surface area contributed by atoms with Gasteiger partial charge < -0.3 is 25.5 Å². The molecule has 0 heterocycles. The number of carboxylic acids is 1. The van der Waals surface area contributed by atoms with E-state index in [-0.39, 0.29) is 53.1 Å². The molecule has 184 valence electrons. The molecule has 32 heavy (non-hydrogen) atoms. The Kier molecular flexibility index (Phi) is 6.74. The van der Waals surface area contributed by atoms with Gasteiger partial charge in [-0.25, -0.2) is 0 Å². The summed E-state index contributed by atoms with van der Waals surface area (Å²) in [5.41, 5.74) is -0.286. The van der Waals surface area contributed by atoms with Crippen molar-refractivity contribution in [3.8, 4) is 0 Å². The van der Waals surface area contributed by atoms with Crippen LogP contribution < -0.4 is 0 Å². The third-order valence-electron chi connectivity index (χ3n) is 11.1. The van der Waals surface area contributed by atoms with E-state index in [2.05, 4.69) is 20.8 Å². The van der Waals surface area contributed by atoms with Crippen LogP contribution in [0.15, 0.2) is 0 Å². The molecule has 4 rings (SSSR count). The van der Waals surface area contributed by atoms with Crippen LogP contribution in [-0.2, 0) is 4.79 Å². The van der Waals surface area contributed by atoms with E-state index in [1.165, 1.54) is 0 Å². The standard InChI is InChI=1S/C26H44O6/c1-4-17-19-11-16(28)9-10-25(19,2)20-12-21(29)26(3)15(6-5-14(13-27)24(31)32)7-8-18(26)22(20)23(17)30/h14-23,27-30H,4-13H2,1-3H3,(H,31,32)/t14?,15-,16+,17+,18?,19-,20?,21-,22?,23+,25-,26+/m0/s1. The molecule has 0 aromatic carbocycles. The van der Waals surface area contributed by atoms with Gasteiger partial charge in [-0.3, -0.25) is 4.79 Å². The Morgan fingerprint density at radius 3 is 2.38 bits per heavy atom. The number of aliphatic hydroxyl groups is 4. The molecule has 5 N–H and O–H groups in total. The molecule has 4 unspecified atom stereocenters. The normalized spacial score (nSPS) is 51.4. The molecule has 4 aliphatic carbocycles. The topological polar surface area (TPSA) is 118 Å². The number of hydrogen-bond acceptors (Lipinski definition) is 5. The summed E-state index contributed by atoms with van der Waals surface area (Å²) in [6.07, 6.45) is 5.99. The number of fused-ring (bicyclic) bond motifs is 5. The number of carboxylic acid groups (broad SMARTS) is 1. The fraction of sp³-hybridized carbons (Fsp3) is 0.962. The minimum Gasteiger partial charge on any atom is -0.481 e. The zero-order chi connectivity index (χ0) is 23.4. The minimum atomic E-state index is -0.955. The van der Waals surface area contributed by atoms with Crippen LogP contribution in [-0.4, -0.2) is 56.4 Å². The molecule has 0 radical (unpaired) electrons. The van der Waals surface area contributed by atoms with Gasteiger partial charge in [-0.2, -0.15) is 0 Å². The highest BCUT2D eigenvalue weighted by atomic mass is 16.4. The van der Waals surface area contributed by atoms with Crippen LogP contribution in [0.4, 0.5) is 0 Å². The third kappa shape index (κ3) is 3.55. The van der Waals surface area contributed by atoms with Crippen molar-refractivity contribution in [3.05, 3.63) is 0 Å². The maximum absolute atomic E-state index is 11.7. The van der Waals surface area contributed by atoms with Crippen molar-refractivity contribution >= 4 is 5.97 Å². The molecule has 4 fully saturated rings. The molecule has 6 nitrogen and oxygen atoms in total. The monoisotopic (exact) mass is 452 g/mol. The first-order valence-corrected chi connectivity index (χ1v) is 13.0. The second kappa shape index (κ2) is 8.83. The van der Waals surface area contributed by atoms with Crippen molar-refractivity contribution in [1.29, 1.82) is 0 Å².